The molecule has 0 spiro atoms. The highest BCUT2D eigenvalue weighted by Gasteiger charge is 2.43. The first-order chi connectivity index (χ1) is 9.61. The third-order valence-corrected chi connectivity index (χ3v) is 4.22. The first-order valence-electron chi connectivity index (χ1n) is 6.79. The summed E-state index contributed by atoms with van der Waals surface area (Å²) in [5, 5.41) is 0. The summed E-state index contributed by atoms with van der Waals surface area (Å²) < 4.78 is 18.0. The van der Waals surface area contributed by atoms with E-state index in [0.29, 0.717) is 12.8 Å². The monoisotopic (exact) mass is 277 g/mol. The van der Waals surface area contributed by atoms with Crippen LogP contribution in [-0.4, -0.2) is 29.9 Å². The molecule has 1 aromatic rings. The van der Waals surface area contributed by atoms with Gasteiger partial charge in [-0.1, -0.05) is 6.07 Å². The van der Waals surface area contributed by atoms with Crippen LogP contribution < -0.4 is 0 Å². The number of hydrogen-bond donors (Lipinski definition) is 0. The molecule has 1 amide bonds. The van der Waals surface area contributed by atoms with Crippen molar-refractivity contribution in [1.29, 1.82) is 0 Å². The Balaban J connectivity index is 1.93. The average molecular weight is 277 g/mol. The molecule has 1 aliphatic heterocycles. The molecule has 2 atom stereocenters. The molecule has 1 fully saturated rings. The summed E-state index contributed by atoms with van der Waals surface area (Å²) in [6.07, 6.45) is 2.33. The molecule has 0 aromatic heterocycles. The lowest BCUT2D eigenvalue weighted by atomic mass is 10.1. The summed E-state index contributed by atoms with van der Waals surface area (Å²) in [6.45, 7) is 0. The van der Waals surface area contributed by atoms with Gasteiger partial charge in [0.05, 0.1) is 13.2 Å². The second-order valence-corrected chi connectivity index (χ2v) is 5.28. The maximum atomic E-state index is 13.2. The Kier molecular flexibility index (Phi) is 3.20. The Bertz CT molecular complexity index is 572. The van der Waals surface area contributed by atoms with Crippen LogP contribution in [0.4, 0.5) is 4.39 Å². The van der Waals surface area contributed by atoms with Gasteiger partial charge in [-0.05, 0) is 42.5 Å². The van der Waals surface area contributed by atoms with Gasteiger partial charge in [0.2, 0.25) is 5.91 Å². The highest BCUT2D eigenvalue weighted by molar-refractivity contribution is 5.88. The lowest BCUT2D eigenvalue weighted by Gasteiger charge is -2.29. The van der Waals surface area contributed by atoms with Crippen LogP contribution in [0, 0.1) is 5.82 Å². The summed E-state index contributed by atoms with van der Waals surface area (Å²) in [7, 11) is 1.33. The Labute approximate surface area is 116 Å². The smallest absolute Gasteiger partial charge is 0.328 e. The molecule has 1 aromatic carbocycles. The number of halogens is 1. The van der Waals surface area contributed by atoms with Crippen LogP contribution >= 0.6 is 0 Å². The molecule has 20 heavy (non-hydrogen) atoms. The SMILES string of the molecule is COC(=O)C1CCC(=O)N1C1CCc2cc(F)ccc21. The number of hydrogen-bond acceptors (Lipinski definition) is 3. The lowest BCUT2D eigenvalue weighted by Crippen LogP contribution is -2.41. The van der Waals surface area contributed by atoms with Crippen molar-refractivity contribution in [3.05, 3.63) is 35.1 Å². The summed E-state index contributed by atoms with van der Waals surface area (Å²) in [5.74, 6) is -0.657. The number of esters is 1. The van der Waals surface area contributed by atoms with E-state index in [4.69, 9.17) is 4.74 Å². The van der Waals surface area contributed by atoms with Crippen molar-refractivity contribution in [2.45, 2.75) is 37.8 Å². The minimum Gasteiger partial charge on any atom is -0.467 e. The van der Waals surface area contributed by atoms with Gasteiger partial charge >= 0.3 is 5.97 Å². The predicted octanol–water partition coefficient (Wildman–Crippen LogP) is 1.98. The number of methoxy groups -OCH3 is 1. The molecule has 2 unspecified atom stereocenters. The van der Waals surface area contributed by atoms with E-state index in [0.717, 1.165) is 24.0 Å². The number of nitrogens with zero attached hydrogens (tertiary/aromatic N) is 1. The quantitative estimate of drug-likeness (QED) is 0.777. The van der Waals surface area contributed by atoms with E-state index in [9.17, 15) is 14.0 Å². The first-order valence-corrected chi connectivity index (χ1v) is 6.79. The minimum atomic E-state index is -0.506. The second-order valence-electron chi connectivity index (χ2n) is 5.28. The molecule has 2 aliphatic rings. The van der Waals surface area contributed by atoms with Crippen molar-refractivity contribution < 1.29 is 18.7 Å². The summed E-state index contributed by atoms with van der Waals surface area (Å²) in [5.41, 5.74) is 1.88. The number of benzene rings is 1. The maximum absolute atomic E-state index is 13.2. The van der Waals surface area contributed by atoms with Crippen LogP contribution in [0.3, 0.4) is 0 Å². The molecule has 5 heteroatoms. The van der Waals surface area contributed by atoms with Crippen LogP contribution in [0.15, 0.2) is 18.2 Å². The largest absolute Gasteiger partial charge is 0.467 e. The van der Waals surface area contributed by atoms with Crippen LogP contribution in [0.1, 0.15) is 36.4 Å². The van der Waals surface area contributed by atoms with Crippen molar-refractivity contribution in [3.8, 4) is 0 Å². The normalized spacial score (nSPS) is 24.9. The van der Waals surface area contributed by atoms with Gasteiger partial charge in [0.1, 0.15) is 11.9 Å². The average Bonchev–Trinajstić information content (AvgIpc) is 3.00. The lowest BCUT2D eigenvalue weighted by molar-refractivity contribution is -0.150. The maximum Gasteiger partial charge on any atom is 0.328 e. The van der Waals surface area contributed by atoms with Crippen LogP contribution in [0.25, 0.3) is 0 Å². The molecule has 0 bridgehead atoms. The fourth-order valence-corrected chi connectivity index (χ4v) is 3.31. The Hall–Kier alpha value is -1.91. The van der Waals surface area contributed by atoms with E-state index in [1.54, 1.807) is 11.0 Å². The Morgan fingerprint density at radius 1 is 1.35 bits per heavy atom. The van der Waals surface area contributed by atoms with Gasteiger partial charge in [-0.15, -0.1) is 0 Å². The van der Waals surface area contributed by atoms with E-state index < -0.39 is 6.04 Å². The second kappa shape index (κ2) is 4.89. The summed E-state index contributed by atoms with van der Waals surface area (Å²) in [4.78, 5) is 25.6. The zero-order chi connectivity index (χ0) is 14.3. The van der Waals surface area contributed by atoms with Gasteiger partial charge < -0.3 is 9.64 Å². The molecular weight excluding hydrogens is 261 g/mol. The third-order valence-electron chi connectivity index (χ3n) is 4.22. The van der Waals surface area contributed by atoms with E-state index >= 15 is 0 Å². The van der Waals surface area contributed by atoms with Crippen molar-refractivity contribution in [1.82, 2.24) is 4.90 Å². The topological polar surface area (TPSA) is 46.6 Å². The molecule has 0 saturated carbocycles. The summed E-state index contributed by atoms with van der Waals surface area (Å²) in [6, 6.07) is 4.01. The number of rotatable bonds is 2. The Morgan fingerprint density at radius 3 is 2.90 bits per heavy atom. The van der Waals surface area contributed by atoms with Crippen molar-refractivity contribution in [3.63, 3.8) is 0 Å². The third kappa shape index (κ3) is 1.97. The molecule has 106 valence electrons. The zero-order valence-electron chi connectivity index (χ0n) is 11.3. The molecule has 3 rings (SSSR count). The number of ether oxygens (including phenoxy) is 1. The van der Waals surface area contributed by atoms with Crippen molar-refractivity contribution in [2.24, 2.45) is 0 Å². The van der Waals surface area contributed by atoms with Gasteiger partial charge in [0.25, 0.3) is 0 Å². The first kappa shape index (κ1) is 13.1. The van der Waals surface area contributed by atoms with Gasteiger partial charge in [-0.25, -0.2) is 9.18 Å². The fourth-order valence-electron chi connectivity index (χ4n) is 3.31. The zero-order valence-corrected chi connectivity index (χ0v) is 11.3. The molecule has 0 radical (unpaired) electrons. The Morgan fingerprint density at radius 2 is 2.15 bits per heavy atom. The minimum absolute atomic E-state index is 0.0254. The number of amides is 1. The van der Waals surface area contributed by atoms with Crippen LogP contribution in [-0.2, 0) is 20.7 Å². The van der Waals surface area contributed by atoms with E-state index in [1.807, 2.05) is 0 Å². The number of fused-ring (bicyclic) bond motifs is 1. The molecule has 0 N–H and O–H groups in total. The number of carbonyl (C=O) groups excluding carboxylic acids is 2. The van der Waals surface area contributed by atoms with E-state index in [-0.39, 0.29) is 23.7 Å². The number of aryl methyl sites for hydroxylation is 1. The molecule has 1 aliphatic carbocycles. The van der Waals surface area contributed by atoms with Crippen molar-refractivity contribution >= 4 is 11.9 Å². The van der Waals surface area contributed by atoms with Crippen LogP contribution in [0.5, 0.6) is 0 Å². The van der Waals surface area contributed by atoms with E-state index in [2.05, 4.69) is 0 Å². The standard InChI is InChI=1S/C15H16FNO3/c1-20-15(19)13-6-7-14(18)17(13)12-5-2-9-8-10(16)3-4-11(9)12/h3-4,8,12-13H,2,5-7H2,1H3. The van der Waals surface area contributed by atoms with Gasteiger partial charge in [-0.3, -0.25) is 4.79 Å². The predicted molar refractivity (Wildman–Crippen MR) is 69.3 cm³/mol. The number of likely N-dealkylation sites (tertiary alicyclic amines) is 1. The summed E-state index contributed by atoms with van der Waals surface area (Å²) >= 11 is 0. The number of carbonyl (C=O) groups is 2. The highest BCUT2D eigenvalue weighted by Crippen LogP contribution is 2.40. The van der Waals surface area contributed by atoms with E-state index in [1.165, 1.54) is 19.2 Å². The van der Waals surface area contributed by atoms with Gasteiger partial charge in [-0.2, -0.15) is 0 Å². The highest BCUT2D eigenvalue weighted by atomic mass is 19.1. The molecule has 1 heterocycles. The van der Waals surface area contributed by atoms with Gasteiger partial charge in [0.15, 0.2) is 0 Å². The van der Waals surface area contributed by atoms with Crippen molar-refractivity contribution in [2.75, 3.05) is 7.11 Å². The van der Waals surface area contributed by atoms with Gasteiger partial charge in [0, 0.05) is 6.42 Å². The fraction of sp³-hybridized carbons (Fsp3) is 0.467. The van der Waals surface area contributed by atoms with Crippen LogP contribution in [0.2, 0.25) is 0 Å². The molecule has 1 saturated heterocycles. The molecular formula is C15H16FNO3. The molecule has 4 nitrogen and oxygen atoms in total.